The first kappa shape index (κ1) is 41.2. The molecule has 0 bridgehead atoms. The van der Waals surface area contributed by atoms with Crippen LogP contribution in [-0.4, -0.2) is 24.9 Å². The van der Waals surface area contributed by atoms with Crippen molar-refractivity contribution in [2.45, 2.75) is 79.9 Å². The van der Waals surface area contributed by atoms with Crippen LogP contribution in [0, 0.1) is 34.6 Å². The zero-order chi connectivity index (χ0) is 28.0. The van der Waals surface area contributed by atoms with Gasteiger partial charge in [0.05, 0.1) is 24.9 Å². The molecule has 0 N–H and O–H groups in total. The molecule has 7 heteroatoms. The molecule has 4 aromatic carbocycles. The largest absolute Gasteiger partial charge is 4.00 e. The van der Waals surface area contributed by atoms with E-state index in [1.807, 2.05) is 0 Å². The minimum Gasteiger partial charge on any atom is -1.00 e. The molecule has 0 nitrogen and oxygen atoms in total. The summed E-state index contributed by atoms with van der Waals surface area (Å²) in [6, 6.07) is 27.9. The van der Waals surface area contributed by atoms with Crippen LogP contribution in [-0.2, 0) is 27.8 Å². The van der Waals surface area contributed by atoms with Crippen LogP contribution in [0.15, 0.2) is 66.7 Å². The first-order valence-electron chi connectivity index (χ1n) is 14.2. The molecule has 4 aromatic rings. The van der Waals surface area contributed by atoms with E-state index in [-0.39, 0.29) is 58.9 Å². The molecule has 0 unspecified atom stereocenters. The third kappa shape index (κ3) is 9.14. The van der Waals surface area contributed by atoms with Crippen LogP contribution in [0.1, 0.15) is 33.4 Å². The van der Waals surface area contributed by atoms with Gasteiger partial charge in [0, 0.05) is 0 Å². The molecule has 0 saturated heterocycles. The minimum atomic E-state index is -1.51. The Balaban J connectivity index is 0.00000420. The van der Waals surface area contributed by atoms with Gasteiger partial charge in [-0.25, -0.2) is 0 Å². The van der Waals surface area contributed by atoms with Gasteiger partial charge in [-0.15, -0.1) is 16.7 Å². The summed E-state index contributed by atoms with van der Waals surface area (Å²) in [7, 11) is -4.17. The van der Waals surface area contributed by atoms with Crippen molar-refractivity contribution in [3.63, 3.8) is 0 Å². The average molecular weight is 706 g/mol. The van der Waals surface area contributed by atoms with E-state index in [1.54, 1.807) is 26.3 Å². The Bertz CT molecular complexity index is 1370. The van der Waals surface area contributed by atoms with Crippen molar-refractivity contribution < 1.29 is 58.9 Å². The zero-order valence-corrected chi connectivity index (χ0v) is 34.3. The molecule has 0 atom stereocenters. The molecule has 0 spiro atoms. The quantitative estimate of drug-likeness (QED) is 0.152. The van der Waals surface area contributed by atoms with Crippen LogP contribution in [0.4, 0.5) is 0 Å². The Morgan fingerprint density at radius 3 is 1.31 bits per heavy atom. The fourth-order valence-electron chi connectivity index (χ4n) is 5.94. The summed E-state index contributed by atoms with van der Waals surface area (Å²) in [6.07, 6.45) is 0. The molecule has 4 rings (SSSR count). The second-order valence-corrected chi connectivity index (χ2v) is 26.6. The molecule has 0 amide bonds. The summed E-state index contributed by atoms with van der Waals surface area (Å²) in [5.41, 5.74) is 11.6. The van der Waals surface area contributed by atoms with Crippen LogP contribution in [0.5, 0.6) is 0 Å². The van der Waals surface area contributed by atoms with E-state index >= 15 is 0 Å². The van der Waals surface area contributed by atoms with Crippen molar-refractivity contribution in [2.75, 3.05) is 0 Å². The number of rotatable bonds is 7. The van der Waals surface area contributed by atoms with E-state index in [0.29, 0.717) is 0 Å². The van der Waals surface area contributed by atoms with E-state index < -0.39 is 24.9 Å². The molecule has 0 heterocycles. The summed E-state index contributed by atoms with van der Waals surface area (Å²) in [4.78, 5) is 0. The summed E-state index contributed by atoms with van der Waals surface area (Å²) in [5, 5.41) is 6.23. The van der Waals surface area contributed by atoms with Crippen LogP contribution < -0.4 is 58.0 Å². The predicted molar refractivity (Wildman–Crippen MR) is 180 cm³/mol. The molecule has 0 saturated carbocycles. The fraction of sp³-hybridized carbons (Fsp3) is 0.343. The fourth-order valence-corrected chi connectivity index (χ4v) is 11.4. The van der Waals surface area contributed by atoms with E-state index in [9.17, 15) is 0 Å². The minimum absolute atomic E-state index is 0. The molecule has 0 radical (unpaired) electrons. The van der Waals surface area contributed by atoms with Crippen molar-refractivity contribution in [1.82, 2.24) is 0 Å². The predicted octanol–water partition coefficient (Wildman–Crippen LogP) is -2.16. The SMILES string of the molecule is Cc1cc(C)cc(-c2c(C)c(C)c(C)[c-]2C[SiH](c2ccc([Si](C)(C)C)cc2)c2ccc([Si](C)(C)C)cc2)c1.[Cl-].[Cl-].[Cl-].[Ti+4]. The maximum absolute atomic E-state index is 2.48. The molecule has 0 fully saturated rings. The van der Waals surface area contributed by atoms with Gasteiger partial charge in [0.25, 0.3) is 0 Å². The third-order valence-corrected chi connectivity index (χ3v) is 15.9. The van der Waals surface area contributed by atoms with Crippen molar-refractivity contribution in [1.29, 1.82) is 0 Å². The van der Waals surface area contributed by atoms with E-state index in [4.69, 9.17) is 0 Å². The molecule has 0 aliphatic rings. The van der Waals surface area contributed by atoms with Gasteiger partial charge in [0.1, 0.15) is 0 Å². The van der Waals surface area contributed by atoms with Crippen LogP contribution in [0.25, 0.3) is 11.1 Å². The Morgan fingerprint density at radius 2 is 0.952 bits per heavy atom. The molecule has 224 valence electrons. The van der Waals surface area contributed by atoms with Crippen molar-refractivity contribution in [3.05, 3.63) is 100 Å². The summed E-state index contributed by atoms with van der Waals surface area (Å²) in [5.74, 6) is 0. The van der Waals surface area contributed by atoms with Crippen LogP contribution >= 0.6 is 0 Å². The topological polar surface area (TPSA) is 0 Å². The molecule has 42 heavy (non-hydrogen) atoms. The maximum atomic E-state index is 2.48. The molecular formula is C35H47Cl3Si3Ti. The number of aryl methyl sites for hydroxylation is 2. The second-order valence-electron chi connectivity index (χ2n) is 13.6. The summed E-state index contributed by atoms with van der Waals surface area (Å²) >= 11 is 0. The number of hydrogen-bond acceptors (Lipinski definition) is 0. The maximum Gasteiger partial charge on any atom is 4.00 e. The number of benzene rings is 3. The van der Waals surface area contributed by atoms with Crippen molar-refractivity contribution in [3.8, 4) is 11.1 Å². The van der Waals surface area contributed by atoms with E-state index in [1.165, 1.54) is 38.9 Å². The second kappa shape index (κ2) is 16.0. The summed E-state index contributed by atoms with van der Waals surface area (Å²) in [6.45, 7) is 26.1. The van der Waals surface area contributed by atoms with Gasteiger partial charge < -0.3 is 37.2 Å². The number of hydrogen-bond donors (Lipinski definition) is 0. The van der Waals surface area contributed by atoms with Gasteiger partial charge in [-0.2, -0.15) is 11.1 Å². The van der Waals surface area contributed by atoms with E-state index in [0.717, 1.165) is 6.04 Å². The van der Waals surface area contributed by atoms with Gasteiger partial charge in [-0.05, 0) is 13.8 Å². The molecule has 0 aromatic heterocycles. The number of halogens is 3. The first-order valence-corrected chi connectivity index (χ1v) is 23.2. The average Bonchev–Trinajstić information content (AvgIpc) is 3.04. The monoisotopic (exact) mass is 704 g/mol. The normalized spacial score (nSPS) is 11.2. The van der Waals surface area contributed by atoms with Gasteiger partial charge in [0.2, 0.25) is 0 Å². The first-order chi connectivity index (χ1) is 17.7. The van der Waals surface area contributed by atoms with Gasteiger partial charge in [0.15, 0.2) is 0 Å². The van der Waals surface area contributed by atoms with Gasteiger partial charge >= 0.3 is 21.7 Å². The van der Waals surface area contributed by atoms with Gasteiger partial charge in [-0.1, -0.05) is 170 Å². The van der Waals surface area contributed by atoms with E-state index in [2.05, 4.69) is 141 Å². The third-order valence-electron chi connectivity index (χ3n) is 8.53. The van der Waals surface area contributed by atoms with Crippen LogP contribution in [0.3, 0.4) is 0 Å². The smallest absolute Gasteiger partial charge is 1.00 e. The van der Waals surface area contributed by atoms with Crippen molar-refractivity contribution >= 4 is 45.7 Å². The van der Waals surface area contributed by atoms with Crippen molar-refractivity contribution in [2.24, 2.45) is 0 Å². The standard InChI is InChI=1S/C35H47Si3.3ClH.Ti/c1-24-20-25(2)22-29(21-24)35-28(5)26(3)27(4)34(35)23-36(30-12-16-32(17-13-30)37(6,7)8)31-14-18-33(19-15-31)38(9,10)11;;;;/h12-22,36H,23H2,1-11H3;3*1H;/q-1;;;;+4/p-3. The summed E-state index contributed by atoms with van der Waals surface area (Å²) < 4.78 is 0. The zero-order valence-electron chi connectivity index (χ0n) is 27.3. The molecule has 0 aliphatic heterocycles. The molecule has 0 aliphatic carbocycles. The Labute approximate surface area is 293 Å². The Kier molecular flexibility index (Phi) is 15.7. The molecular weight excluding hydrogens is 659 g/mol. The Morgan fingerprint density at radius 1 is 0.571 bits per heavy atom. The van der Waals surface area contributed by atoms with Gasteiger partial charge in [-0.3, -0.25) is 0 Å². The Hall–Kier alpha value is -0.755. The van der Waals surface area contributed by atoms with Crippen LogP contribution in [0.2, 0.25) is 39.3 Å².